The number of ether oxygens (including phenoxy) is 1. The van der Waals surface area contributed by atoms with E-state index in [-0.39, 0.29) is 6.04 Å². The van der Waals surface area contributed by atoms with Gasteiger partial charge in [0.05, 0.1) is 7.11 Å². The maximum Gasteiger partial charge on any atom is 0.159 e. The molecule has 0 aliphatic rings. The van der Waals surface area contributed by atoms with Gasteiger partial charge >= 0.3 is 0 Å². The second kappa shape index (κ2) is 5.36. The minimum absolute atomic E-state index is 0.144. The van der Waals surface area contributed by atoms with Gasteiger partial charge in [0.25, 0.3) is 0 Å². The molecule has 1 atom stereocenters. The lowest BCUT2D eigenvalue weighted by Gasteiger charge is -2.13. The van der Waals surface area contributed by atoms with Crippen LogP contribution in [-0.2, 0) is 0 Å². The molecule has 2 rings (SSSR count). The average Bonchev–Trinajstić information content (AvgIpc) is 2.41. The molecule has 100 valence electrons. The summed E-state index contributed by atoms with van der Waals surface area (Å²) in [6.07, 6.45) is 0. The van der Waals surface area contributed by atoms with E-state index in [1.54, 1.807) is 6.07 Å². The molecule has 2 aromatic carbocycles. The van der Waals surface area contributed by atoms with Gasteiger partial charge in [-0.25, -0.2) is 8.78 Å². The first-order valence-corrected chi connectivity index (χ1v) is 5.92. The number of rotatable bonds is 3. The van der Waals surface area contributed by atoms with Crippen LogP contribution < -0.4 is 10.5 Å². The molecule has 0 aromatic heterocycles. The average molecular weight is 263 g/mol. The van der Waals surface area contributed by atoms with Crippen LogP contribution in [-0.4, -0.2) is 7.11 Å². The van der Waals surface area contributed by atoms with E-state index in [9.17, 15) is 8.78 Å². The molecule has 0 aliphatic carbocycles. The lowest BCUT2D eigenvalue weighted by atomic mass is 9.99. The first kappa shape index (κ1) is 13.5. The Kier molecular flexibility index (Phi) is 3.81. The molecule has 0 aliphatic heterocycles. The third-order valence-corrected chi connectivity index (χ3v) is 2.98. The van der Waals surface area contributed by atoms with E-state index in [2.05, 4.69) is 0 Å². The smallest absolute Gasteiger partial charge is 0.159 e. The van der Waals surface area contributed by atoms with Crippen LogP contribution in [0.3, 0.4) is 0 Å². The fraction of sp³-hybridized carbons (Fsp3) is 0.200. The monoisotopic (exact) mass is 263 g/mol. The lowest BCUT2D eigenvalue weighted by molar-refractivity contribution is 0.416. The molecule has 0 bridgehead atoms. The van der Waals surface area contributed by atoms with Crippen molar-refractivity contribution in [2.24, 2.45) is 5.73 Å². The van der Waals surface area contributed by atoms with Crippen LogP contribution in [0.4, 0.5) is 8.78 Å². The molecule has 0 saturated carbocycles. The van der Waals surface area contributed by atoms with E-state index >= 15 is 0 Å². The van der Waals surface area contributed by atoms with Gasteiger partial charge in [-0.1, -0.05) is 12.1 Å². The summed E-state index contributed by atoms with van der Waals surface area (Å²) in [4.78, 5) is 0. The zero-order valence-electron chi connectivity index (χ0n) is 10.8. The number of methoxy groups -OCH3 is 1. The van der Waals surface area contributed by atoms with Gasteiger partial charge in [0.15, 0.2) is 11.6 Å². The van der Waals surface area contributed by atoms with E-state index in [1.165, 1.54) is 13.2 Å². The van der Waals surface area contributed by atoms with Gasteiger partial charge in [0.2, 0.25) is 0 Å². The Labute approximate surface area is 110 Å². The first-order chi connectivity index (χ1) is 9.02. The predicted molar refractivity (Wildman–Crippen MR) is 70.9 cm³/mol. The second-order valence-electron chi connectivity index (χ2n) is 4.38. The summed E-state index contributed by atoms with van der Waals surface area (Å²) in [5.41, 5.74) is 7.98. The van der Waals surface area contributed by atoms with E-state index < -0.39 is 11.6 Å². The summed E-state index contributed by atoms with van der Waals surface area (Å²) in [6, 6.07) is 9.08. The summed E-state index contributed by atoms with van der Waals surface area (Å²) >= 11 is 0. The van der Waals surface area contributed by atoms with Crippen LogP contribution >= 0.6 is 0 Å². The summed E-state index contributed by atoms with van der Waals surface area (Å²) < 4.78 is 31.5. The Morgan fingerprint density at radius 2 is 1.79 bits per heavy atom. The summed E-state index contributed by atoms with van der Waals surface area (Å²) in [7, 11) is 1.53. The Bertz CT molecular complexity index is 597. The van der Waals surface area contributed by atoms with Crippen LogP contribution in [0.2, 0.25) is 0 Å². The van der Waals surface area contributed by atoms with Crippen molar-refractivity contribution >= 4 is 0 Å². The number of benzene rings is 2. The number of hydrogen-bond acceptors (Lipinski definition) is 2. The van der Waals surface area contributed by atoms with E-state index in [0.29, 0.717) is 16.9 Å². The molecule has 2 nitrogen and oxygen atoms in total. The first-order valence-electron chi connectivity index (χ1n) is 5.92. The van der Waals surface area contributed by atoms with Gasteiger partial charge < -0.3 is 10.5 Å². The molecule has 2 aromatic rings. The van der Waals surface area contributed by atoms with Gasteiger partial charge in [-0.05, 0) is 42.3 Å². The van der Waals surface area contributed by atoms with Crippen molar-refractivity contribution < 1.29 is 13.5 Å². The Balaban J connectivity index is 2.58. The Morgan fingerprint density at radius 3 is 2.37 bits per heavy atom. The zero-order valence-corrected chi connectivity index (χ0v) is 10.8. The molecule has 19 heavy (non-hydrogen) atoms. The van der Waals surface area contributed by atoms with E-state index in [1.807, 2.05) is 19.1 Å². The number of halogens is 2. The highest BCUT2D eigenvalue weighted by atomic mass is 19.2. The summed E-state index contributed by atoms with van der Waals surface area (Å²) in [6.45, 7) is 1.86. The quantitative estimate of drug-likeness (QED) is 0.917. The Hall–Kier alpha value is -1.94. The van der Waals surface area contributed by atoms with Crippen molar-refractivity contribution in [1.82, 2.24) is 0 Å². The van der Waals surface area contributed by atoms with Gasteiger partial charge in [-0.3, -0.25) is 0 Å². The topological polar surface area (TPSA) is 35.2 Å². The van der Waals surface area contributed by atoms with Crippen molar-refractivity contribution in [3.05, 3.63) is 53.6 Å². The highest BCUT2D eigenvalue weighted by molar-refractivity contribution is 5.71. The predicted octanol–water partition coefficient (Wildman–Crippen LogP) is 3.66. The van der Waals surface area contributed by atoms with Crippen LogP contribution in [0, 0.1) is 11.6 Å². The highest BCUT2D eigenvalue weighted by Gasteiger charge is 2.11. The van der Waals surface area contributed by atoms with Crippen molar-refractivity contribution in [3.8, 4) is 16.9 Å². The van der Waals surface area contributed by atoms with E-state index in [4.69, 9.17) is 10.5 Å². The lowest BCUT2D eigenvalue weighted by Crippen LogP contribution is -2.05. The second-order valence-corrected chi connectivity index (χ2v) is 4.38. The molecule has 0 fully saturated rings. The normalized spacial score (nSPS) is 12.3. The third kappa shape index (κ3) is 2.74. The molecule has 1 unspecified atom stereocenters. The standard InChI is InChI=1S/C15H15F2NO/c1-9(18)10-4-6-15(19-2)12(7-10)11-3-5-13(16)14(17)8-11/h3-9H,18H2,1-2H3. The largest absolute Gasteiger partial charge is 0.496 e. The molecule has 2 N–H and O–H groups in total. The van der Waals surface area contributed by atoms with Crippen molar-refractivity contribution in [2.75, 3.05) is 7.11 Å². The van der Waals surface area contributed by atoms with Gasteiger partial charge in [-0.2, -0.15) is 0 Å². The van der Waals surface area contributed by atoms with Crippen LogP contribution in [0.1, 0.15) is 18.5 Å². The van der Waals surface area contributed by atoms with Crippen molar-refractivity contribution in [1.29, 1.82) is 0 Å². The SMILES string of the molecule is COc1ccc(C(C)N)cc1-c1ccc(F)c(F)c1. The zero-order chi connectivity index (χ0) is 14.0. The molecule has 0 amide bonds. The number of hydrogen-bond donors (Lipinski definition) is 1. The fourth-order valence-electron chi connectivity index (χ4n) is 1.90. The van der Waals surface area contributed by atoms with Gasteiger partial charge in [0, 0.05) is 11.6 Å². The summed E-state index contributed by atoms with van der Waals surface area (Å²) in [5, 5.41) is 0. The van der Waals surface area contributed by atoms with Crippen LogP contribution in [0.5, 0.6) is 5.75 Å². The Morgan fingerprint density at radius 1 is 1.05 bits per heavy atom. The van der Waals surface area contributed by atoms with Crippen molar-refractivity contribution in [2.45, 2.75) is 13.0 Å². The molecule has 0 heterocycles. The van der Waals surface area contributed by atoms with E-state index in [0.717, 1.165) is 17.7 Å². The fourth-order valence-corrected chi connectivity index (χ4v) is 1.90. The van der Waals surface area contributed by atoms with Crippen LogP contribution in [0.15, 0.2) is 36.4 Å². The van der Waals surface area contributed by atoms with Crippen LogP contribution in [0.25, 0.3) is 11.1 Å². The van der Waals surface area contributed by atoms with Crippen molar-refractivity contribution in [3.63, 3.8) is 0 Å². The minimum atomic E-state index is -0.884. The van der Waals surface area contributed by atoms with Gasteiger partial charge in [-0.15, -0.1) is 0 Å². The maximum atomic E-state index is 13.3. The van der Waals surface area contributed by atoms with Gasteiger partial charge in [0.1, 0.15) is 5.75 Å². The maximum absolute atomic E-state index is 13.3. The molecule has 4 heteroatoms. The molecule has 0 saturated heterocycles. The molecular weight excluding hydrogens is 248 g/mol. The molecule has 0 spiro atoms. The molecule has 0 radical (unpaired) electrons. The summed E-state index contributed by atoms with van der Waals surface area (Å²) in [5.74, 6) is -1.16. The third-order valence-electron chi connectivity index (χ3n) is 2.98. The molecular formula is C15H15F2NO. The number of nitrogens with two attached hydrogens (primary N) is 1. The highest BCUT2D eigenvalue weighted by Crippen LogP contribution is 2.32. The minimum Gasteiger partial charge on any atom is -0.496 e.